The maximum absolute atomic E-state index is 12.8. The van der Waals surface area contributed by atoms with Crippen LogP contribution < -0.4 is 4.74 Å². The van der Waals surface area contributed by atoms with Crippen LogP contribution in [0.5, 0.6) is 5.75 Å². The average molecular weight is 366 g/mol. The molecule has 7 heteroatoms. The molecule has 2 aromatic heterocycles. The Morgan fingerprint density at radius 3 is 2.78 bits per heavy atom. The average Bonchev–Trinajstić information content (AvgIpc) is 3.15. The number of benzene rings is 1. The van der Waals surface area contributed by atoms with Gasteiger partial charge in [0.2, 0.25) is 0 Å². The zero-order valence-electron chi connectivity index (χ0n) is 15.5. The Balaban J connectivity index is 1.69. The Morgan fingerprint density at radius 2 is 2.04 bits per heavy atom. The van der Waals surface area contributed by atoms with Crippen molar-refractivity contribution >= 4 is 11.6 Å². The molecule has 0 N–H and O–H groups in total. The predicted octanol–water partition coefficient (Wildman–Crippen LogP) is 2.44. The highest BCUT2D eigenvalue weighted by Gasteiger charge is 2.22. The number of imidazole rings is 1. The van der Waals surface area contributed by atoms with Crippen LogP contribution in [-0.2, 0) is 11.2 Å². The van der Waals surface area contributed by atoms with E-state index in [1.165, 1.54) is 0 Å². The van der Waals surface area contributed by atoms with Crippen molar-refractivity contribution in [1.82, 2.24) is 19.5 Å². The van der Waals surface area contributed by atoms with Crippen LogP contribution in [0.3, 0.4) is 0 Å². The van der Waals surface area contributed by atoms with E-state index in [0.717, 1.165) is 29.0 Å². The van der Waals surface area contributed by atoms with Crippen molar-refractivity contribution in [2.75, 3.05) is 33.4 Å². The molecule has 1 aromatic carbocycles. The van der Waals surface area contributed by atoms with Gasteiger partial charge in [0.25, 0.3) is 5.91 Å². The van der Waals surface area contributed by atoms with Crippen molar-refractivity contribution in [3.05, 3.63) is 47.8 Å². The summed E-state index contributed by atoms with van der Waals surface area (Å²) in [5, 5.41) is 4.70. The molecule has 140 valence electrons. The van der Waals surface area contributed by atoms with E-state index in [-0.39, 0.29) is 5.91 Å². The fraction of sp³-hybridized carbons (Fsp3) is 0.350. The number of nitrogens with zero attached hydrogens (tertiary/aromatic N) is 4. The molecule has 1 saturated heterocycles. The third-order valence-electron chi connectivity index (χ3n) is 4.82. The Morgan fingerprint density at radius 1 is 1.22 bits per heavy atom. The van der Waals surface area contributed by atoms with Gasteiger partial charge in [0.1, 0.15) is 5.75 Å². The van der Waals surface area contributed by atoms with Crippen molar-refractivity contribution in [3.8, 4) is 17.0 Å². The van der Waals surface area contributed by atoms with Gasteiger partial charge < -0.3 is 14.4 Å². The summed E-state index contributed by atoms with van der Waals surface area (Å²) in [5.74, 6) is 0.514. The first kappa shape index (κ1) is 17.5. The van der Waals surface area contributed by atoms with Gasteiger partial charge in [-0.2, -0.15) is 5.10 Å². The van der Waals surface area contributed by atoms with Gasteiger partial charge in [-0.1, -0.05) is 13.0 Å². The highest BCUT2D eigenvalue weighted by atomic mass is 16.5. The molecule has 27 heavy (non-hydrogen) atoms. The topological polar surface area (TPSA) is 69.0 Å². The van der Waals surface area contributed by atoms with Crippen molar-refractivity contribution < 1.29 is 14.3 Å². The number of hydrogen-bond acceptors (Lipinski definition) is 5. The van der Waals surface area contributed by atoms with Gasteiger partial charge >= 0.3 is 0 Å². The number of morpholine rings is 1. The van der Waals surface area contributed by atoms with Crippen LogP contribution in [0.25, 0.3) is 16.9 Å². The molecule has 1 fully saturated rings. The molecule has 0 unspecified atom stereocenters. The van der Waals surface area contributed by atoms with Gasteiger partial charge in [0.05, 0.1) is 43.5 Å². The van der Waals surface area contributed by atoms with Gasteiger partial charge in [-0.3, -0.25) is 4.79 Å². The van der Waals surface area contributed by atoms with Gasteiger partial charge in [-0.15, -0.1) is 0 Å². The van der Waals surface area contributed by atoms with Gasteiger partial charge in [-0.05, 0) is 30.7 Å². The van der Waals surface area contributed by atoms with Crippen molar-refractivity contribution in [2.24, 2.45) is 0 Å². The van der Waals surface area contributed by atoms with Crippen LogP contribution >= 0.6 is 0 Å². The molecule has 0 spiro atoms. The number of methoxy groups -OCH3 is 1. The molecule has 4 rings (SSSR count). The summed E-state index contributed by atoms with van der Waals surface area (Å²) in [4.78, 5) is 19.0. The number of hydrogen-bond donors (Lipinski definition) is 0. The normalized spacial score (nSPS) is 14.5. The van der Waals surface area contributed by atoms with Crippen LogP contribution in [0.4, 0.5) is 0 Å². The summed E-state index contributed by atoms with van der Waals surface area (Å²) >= 11 is 0. The number of fused-ring (bicyclic) bond motifs is 1. The summed E-state index contributed by atoms with van der Waals surface area (Å²) in [6, 6.07) is 9.46. The van der Waals surface area contributed by atoms with E-state index in [1.54, 1.807) is 12.0 Å². The van der Waals surface area contributed by atoms with Crippen LogP contribution in [-0.4, -0.2) is 58.8 Å². The quantitative estimate of drug-likeness (QED) is 0.709. The lowest BCUT2D eigenvalue weighted by Gasteiger charge is -2.27. The largest absolute Gasteiger partial charge is 0.496 e. The second kappa shape index (κ2) is 7.36. The van der Waals surface area contributed by atoms with Crippen molar-refractivity contribution in [2.45, 2.75) is 13.3 Å². The lowest BCUT2D eigenvalue weighted by Crippen LogP contribution is -2.40. The highest BCUT2D eigenvalue weighted by Crippen LogP contribution is 2.28. The van der Waals surface area contributed by atoms with Crippen molar-refractivity contribution in [3.63, 3.8) is 0 Å². The zero-order chi connectivity index (χ0) is 18.8. The Labute approximate surface area is 157 Å². The molecule has 3 aromatic rings. The monoisotopic (exact) mass is 366 g/mol. The molecule has 0 radical (unpaired) electrons. The van der Waals surface area contributed by atoms with E-state index in [1.807, 2.05) is 41.0 Å². The van der Waals surface area contributed by atoms with E-state index in [4.69, 9.17) is 14.6 Å². The van der Waals surface area contributed by atoms with Crippen LogP contribution in [0.15, 0.2) is 36.5 Å². The Bertz CT molecular complexity index is 977. The fourth-order valence-corrected chi connectivity index (χ4v) is 3.28. The van der Waals surface area contributed by atoms with Crippen LogP contribution in [0.2, 0.25) is 0 Å². The van der Waals surface area contributed by atoms with E-state index in [9.17, 15) is 4.79 Å². The minimum atomic E-state index is -0.0343. The molecule has 0 saturated carbocycles. The third-order valence-corrected chi connectivity index (χ3v) is 4.82. The molecule has 1 aliphatic heterocycles. The summed E-state index contributed by atoms with van der Waals surface area (Å²) in [6.07, 6.45) is 2.70. The fourth-order valence-electron chi connectivity index (χ4n) is 3.28. The number of carbonyl (C=O) groups is 1. The van der Waals surface area contributed by atoms with Crippen molar-refractivity contribution in [1.29, 1.82) is 0 Å². The van der Waals surface area contributed by atoms with E-state index in [2.05, 4.69) is 11.9 Å². The molecule has 0 atom stereocenters. The van der Waals surface area contributed by atoms with E-state index in [0.29, 0.717) is 37.6 Å². The second-order valence-electron chi connectivity index (χ2n) is 6.41. The SMILES string of the molecule is CCc1cnc2ccc(-c3ccc(C(=O)N4CCOCC4)c(OC)c3)nn12. The first-order valence-corrected chi connectivity index (χ1v) is 9.10. The second-order valence-corrected chi connectivity index (χ2v) is 6.41. The van der Waals surface area contributed by atoms with E-state index < -0.39 is 0 Å². The van der Waals surface area contributed by atoms with E-state index >= 15 is 0 Å². The van der Waals surface area contributed by atoms with Crippen LogP contribution in [0, 0.1) is 0 Å². The first-order valence-electron chi connectivity index (χ1n) is 9.10. The number of amides is 1. The maximum Gasteiger partial charge on any atom is 0.257 e. The molecule has 7 nitrogen and oxygen atoms in total. The minimum Gasteiger partial charge on any atom is -0.496 e. The minimum absolute atomic E-state index is 0.0343. The molecule has 1 aliphatic rings. The Hall–Kier alpha value is -2.93. The number of carbonyl (C=O) groups excluding carboxylic acids is 1. The number of aromatic nitrogens is 3. The molecule has 1 amide bonds. The number of aryl methyl sites for hydroxylation is 1. The first-order chi connectivity index (χ1) is 13.2. The van der Waals surface area contributed by atoms with Gasteiger partial charge in [0, 0.05) is 18.7 Å². The van der Waals surface area contributed by atoms with Gasteiger partial charge in [-0.25, -0.2) is 9.50 Å². The molecule has 3 heterocycles. The van der Waals surface area contributed by atoms with Gasteiger partial charge in [0.15, 0.2) is 5.65 Å². The summed E-state index contributed by atoms with van der Waals surface area (Å²) < 4.78 is 12.7. The molecule has 0 aliphatic carbocycles. The third kappa shape index (κ3) is 3.26. The Kier molecular flexibility index (Phi) is 4.77. The maximum atomic E-state index is 12.8. The zero-order valence-corrected chi connectivity index (χ0v) is 15.5. The molecular formula is C20H22N4O3. The lowest BCUT2D eigenvalue weighted by atomic mass is 10.1. The highest BCUT2D eigenvalue weighted by molar-refractivity contribution is 5.97. The van der Waals surface area contributed by atoms with Crippen LogP contribution in [0.1, 0.15) is 23.0 Å². The standard InChI is InChI=1S/C20H22N4O3/c1-3-15-13-21-19-7-6-17(22-24(15)19)14-4-5-16(18(12-14)26-2)20(25)23-8-10-27-11-9-23/h4-7,12-13H,3,8-11H2,1-2H3. The number of ether oxygens (including phenoxy) is 2. The summed E-state index contributed by atoms with van der Waals surface area (Å²) in [5.41, 5.74) is 4.13. The number of rotatable bonds is 4. The smallest absolute Gasteiger partial charge is 0.257 e. The molecule has 0 bridgehead atoms. The lowest BCUT2D eigenvalue weighted by molar-refractivity contribution is 0.0301. The predicted molar refractivity (Wildman–Crippen MR) is 101 cm³/mol. The summed E-state index contributed by atoms with van der Waals surface area (Å²) in [7, 11) is 1.58. The molecular weight excluding hydrogens is 344 g/mol. The summed E-state index contributed by atoms with van der Waals surface area (Å²) in [6.45, 7) is 4.42.